The topological polar surface area (TPSA) is 29.1 Å². The van der Waals surface area contributed by atoms with Crippen molar-refractivity contribution in [2.45, 2.75) is 25.8 Å². The lowest BCUT2D eigenvalue weighted by molar-refractivity contribution is 0.104. The molecule has 2 nitrogen and oxygen atoms in total. The smallest absolute Gasteiger partial charge is 0.188 e. The number of nitrogens with one attached hydrogen (secondary N) is 1. The Morgan fingerprint density at radius 1 is 1.08 bits per heavy atom. The summed E-state index contributed by atoms with van der Waals surface area (Å²) in [5, 5.41) is 5.61. The number of benzene rings is 3. The van der Waals surface area contributed by atoms with Gasteiger partial charge in [-0.15, -0.1) is 0 Å². The predicted octanol–water partition coefficient (Wildman–Crippen LogP) is 5.75. The fourth-order valence-corrected chi connectivity index (χ4v) is 4.03. The van der Waals surface area contributed by atoms with Crippen molar-refractivity contribution in [2.24, 2.45) is 0 Å². The number of carbonyl (C=O) groups excluding carboxylic acids is 1. The minimum atomic E-state index is -0.0916. The number of allylic oxidation sites excluding steroid dienone is 1. The van der Waals surface area contributed by atoms with E-state index in [0.717, 1.165) is 38.5 Å². The molecule has 0 fully saturated rings. The van der Waals surface area contributed by atoms with Crippen LogP contribution in [0.3, 0.4) is 0 Å². The number of rotatable bonds is 2. The van der Waals surface area contributed by atoms with E-state index in [-0.39, 0.29) is 11.3 Å². The van der Waals surface area contributed by atoms with Gasteiger partial charge in [-0.25, -0.2) is 0 Å². The highest BCUT2D eigenvalue weighted by Crippen LogP contribution is 2.32. The molecule has 0 aliphatic carbocycles. The van der Waals surface area contributed by atoms with Gasteiger partial charge < -0.3 is 5.32 Å². The Labute approximate surface area is 162 Å². The van der Waals surface area contributed by atoms with Crippen molar-refractivity contribution in [2.75, 3.05) is 0 Å². The standard InChI is InChI=1S/C23H20BrNO/c1-23(2)14-16-10-11-17(24)12-20(16)21(25-23)13-22(26)19-9-5-7-15-6-3-4-8-18(15)19/h3-13,25H,14H2,1-2H3. The molecule has 3 aromatic carbocycles. The third-order valence-electron chi connectivity index (χ3n) is 4.80. The minimum Gasteiger partial charge on any atom is -0.379 e. The molecule has 0 aromatic heterocycles. The van der Waals surface area contributed by atoms with Crippen molar-refractivity contribution in [3.63, 3.8) is 0 Å². The summed E-state index contributed by atoms with van der Waals surface area (Å²) in [5.41, 5.74) is 3.88. The van der Waals surface area contributed by atoms with E-state index in [1.807, 2.05) is 42.5 Å². The number of ketones is 1. The van der Waals surface area contributed by atoms with Crippen LogP contribution in [-0.4, -0.2) is 11.3 Å². The van der Waals surface area contributed by atoms with E-state index in [9.17, 15) is 4.79 Å². The molecule has 0 bridgehead atoms. The number of fused-ring (bicyclic) bond motifs is 2. The number of hydrogen-bond donors (Lipinski definition) is 1. The quantitative estimate of drug-likeness (QED) is 0.434. The molecular weight excluding hydrogens is 386 g/mol. The van der Waals surface area contributed by atoms with Crippen LogP contribution in [-0.2, 0) is 6.42 Å². The summed E-state index contributed by atoms with van der Waals surface area (Å²) in [6, 6.07) is 20.2. The second kappa shape index (κ2) is 6.40. The minimum absolute atomic E-state index is 0.0212. The summed E-state index contributed by atoms with van der Waals surface area (Å²) in [7, 11) is 0. The van der Waals surface area contributed by atoms with Gasteiger partial charge >= 0.3 is 0 Å². The molecule has 130 valence electrons. The lowest BCUT2D eigenvalue weighted by Crippen LogP contribution is -2.43. The Kier molecular flexibility index (Phi) is 4.20. The Hall–Kier alpha value is -2.39. The van der Waals surface area contributed by atoms with E-state index in [4.69, 9.17) is 0 Å². The van der Waals surface area contributed by atoms with Gasteiger partial charge in [0.15, 0.2) is 5.78 Å². The summed E-state index contributed by atoms with van der Waals surface area (Å²) in [5.74, 6) is 0.0212. The molecule has 0 radical (unpaired) electrons. The molecule has 0 atom stereocenters. The lowest BCUT2D eigenvalue weighted by atomic mass is 9.85. The maximum Gasteiger partial charge on any atom is 0.188 e. The second-order valence-corrected chi connectivity index (χ2v) is 8.35. The van der Waals surface area contributed by atoms with Crippen LogP contribution < -0.4 is 5.32 Å². The molecule has 0 amide bonds. The predicted molar refractivity (Wildman–Crippen MR) is 111 cm³/mol. The average Bonchev–Trinajstić information content (AvgIpc) is 2.61. The van der Waals surface area contributed by atoms with Crippen LogP contribution in [0.4, 0.5) is 0 Å². The molecule has 0 saturated heterocycles. The molecule has 3 heteroatoms. The SMILES string of the molecule is CC1(C)Cc2ccc(Br)cc2C(=CC(=O)c2cccc3ccccc23)N1. The van der Waals surface area contributed by atoms with Crippen LogP contribution in [0, 0.1) is 0 Å². The lowest BCUT2D eigenvalue weighted by Gasteiger charge is -2.35. The van der Waals surface area contributed by atoms with Gasteiger partial charge in [0.25, 0.3) is 0 Å². The van der Waals surface area contributed by atoms with Gasteiger partial charge in [0.2, 0.25) is 0 Å². The van der Waals surface area contributed by atoms with Crippen LogP contribution in [0.15, 0.2) is 71.2 Å². The summed E-state index contributed by atoms with van der Waals surface area (Å²) in [6.07, 6.45) is 2.67. The van der Waals surface area contributed by atoms with E-state index >= 15 is 0 Å². The average molecular weight is 406 g/mol. The van der Waals surface area contributed by atoms with E-state index in [2.05, 4.69) is 53.3 Å². The maximum atomic E-state index is 13.1. The van der Waals surface area contributed by atoms with Gasteiger partial charge in [0.05, 0.1) is 0 Å². The molecule has 0 spiro atoms. The Balaban J connectivity index is 1.83. The van der Waals surface area contributed by atoms with Gasteiger partial charge in [-0.05, 0) is 48.7 Å². The van der Waals surface area contributed by atoms with Crippen LogP contribution in [0.25, 0.3) is 16.5 Å². The van der Waals surface area contributed by atoms with Crippen molar-refractivity contribution < 1.29 is 4.79 Å². The zero-order chi connectivity index (χ0) is 18.3. The zero-order valence-electron chi connectivity index (χ0n) is 14.8. The first-order chi connectivity index (χ1) is 12.4. The van der Waals surface area contributed by atoms with Crippen molar-refractivity contribution in [3.8, 4) is 0 Å². The van der Waals surface area contributed by atoms with Gasteiger partial charge in [-0.3, -0.25) is 4.79 Å². The number of hydrogen-bond acceptors (Lipinski definition) is 2. The summed E-state index contributed by atoms with van der Waals surface area (Å²) >= 11 is 3.55. The number of halogens is 1. The summed E-state index contributed by atoms with van der Waals surface area (Å²) in [6.45, 7) is 4.32. The molecular formula is C23H20BrNO. The Morgan fingerprint density at radius 2 is 1.85 bits per heavy atom. The molecule has 1 heterocycles. The van der Waals surface area contributed by atoms with Crippen molar-refractivity contribution in [1.82, 2.24) is 5.32 Å². The molecule has 0 saturated carbocycles. The number of carbonyl (C=O) groups is 1. The third-order valence-corrected chi connectivity index (χ3v) is 5.29. The molecule has 3 aromatic rings. The largest absolute Gasteiger partial charge is 0.379 e. The summed E-state index contributed by atoms with van der Waals surface area (Å²) in [4.78, 5) is 13.1. The van der Waals surface area contributed by atoms with Crippen LogP contribution in [0.2, 0.25) is 0 Å². The van der Waals surface area contributed by atoms with Crippen molar-refractivity contribution in [3.05, 3.63) is 87.9 Å². The van der Waals surface area contributed by atoms with Crippen molar-refractivity contribution >= 4 is 38.2 Å². The van der Waals surface area contributed by atoms with E-state index in [0.29, 0.717) is 0 Å². The first kappa shape index (κ1) is 17.0. The highest BCUT2D eigenvalue weighted by atomic mass is 79.9. The van der Waals surface area contributed by atoms with Crippen LogP contribution in [0.5, 0.6) is 0 Å². The normalized spacial score (nSPS) is 17.0. The first-order valence-electron chi connectivity index (χ1n) is 8.74. The fourth-order valence-electron chi connectivity index (χ4n) is 3.67. The second-order valence-electron chi connectivity index (χ2n) is 7.44. The fraction of sp³-hybridized carbons (Fsp3) is 0.174. The van der Waals surface area contributed by atoms with Crippen molar-refractivity contribution in [1.29, 1.82) is 0 Å². The van der Waals surface area contributed by atoms with E-state index < -0.39 is 0 Å². The van der Waals surface area contributed by atoms with Gasteiger partial charge in [-0.2, -0.15) is 0 Å². The van der Waals surface area contributed by atoms with E-state index in [1.54, 1.807) is 6.08 Å². The molecule has 1 N–H and O–H groups in total. The Morgan fingerprint density at radius 3 is 2.69 bits per heavy atom. The first-order valence-corrected chi connectivity index (χ1v) is 9.53. The van der Waals surface area contributed by atoms with Crippen LogP contribution >= 0.6 is 15.9 Å². The van der Waals surface area contributed by atoms with Gasteiger partial charge in [0, 0.05) is 32.9 Å². The molecule has 26 heavy (non-hydrogen) atoms. The monoisotopic (exact) mass is 405 g/mol. The Bertz CT molecular complexity index is 1040. The molecule has 4 rings (SSSR count). The highest BCUT2D eigenvalue weighted by molar-refractivity contribution is 9.10. The maximum absolute atomic E-state index is 13.1. The van der Waals surface area contributed by atoms with Crippen LogP contribution in [0.1, 0.15) is 35.3 Å². The molecule has 0 unspecified atom stereocenters. The third kappa shape index (κ3) is 3.19. The highest BCUT2D eigenvalue weighted by Gasteiger charge is 2.28. The van der Waals surface area contributed by atoms with Gasteiger partial charge in [-0.1, -0.05) is 64.5 Å². The van der Waals surface area contributed by atoms with E-state index in [1.165, 1.54) is 5.56 Å². The molecule has 1 aliphatic heterocycles. The molecule has 1 aliphatic rings. The summed E-state index contributed by atoms with van der Waals surface area (Å²) < 4.78 is 1.02. The van der Waals surface area contributed by atoms with Gasteiger partial charge in [0.1, 0.15) is 0 Å². The zero-order valence-corrected chi connectivity index (χ0v) is 16.4.